The molecule has 3 heteroatoms. The van der Waals surface area contributed by atoms with Crippen LogP contribution in [-0.2, 0) is 4.89 Å². The zero-order chi connectivity index (χ0) is 9.14. The molecule has 0 spiro atoms. The van der Waals surface area contributed by atoms with Gasteiger partial charge in [0, 0.05) is 5.56 Å². The van der Waals surface area contributed by atoms with Crippen LogP contribution < -0.4 is 4.89 Å². The maximum Gasteiger partial charge on any atom is 0.171 e. The molecule has 1 N–H and O–H groups in total. The molecule has 0 aliphatic carbocycles. The van der Waals surface area contributed by atoms with E-state index in [2.05, 4.69) is 4.89 Å². The molecular formula is C9H12O3. The molecule has 1 rings (SSSR count). The fourth-order valence-electron chi connectivity index (χ4n) is 0.997. The van der Waals surface area contributed by atoms with Crippen molar-refractivity contribution >= 4 is 0 Å². The van der Waals surface area contributed by atoms with Crippen molar-refractivity contribution in [2.75, 3.05) is 7.11 Å². The number of aromatic hydroxyl groups is 1. The Morgan fingerprint density at radius 1 is 1.25 bits per heavy atom. The molecule has 66 valence electrons. The van der Waals surface area contributed by atoms with Gasteiger partial charge in [0.1, 0.15) is 5.75 Å². The van der Waals surface area contributed by atoms with Crippen LogP contribution in [0.3, 0.4) is 0 Å². The number of rotatable bonds is 2. The molecule has 1 aromatic carbocycles. The zero-order valence-electron chi connectivity index (χ0n) is 7.42. The molecule has 1 aromatic rings. The van der Waals surface area contributed by atoms with E-state index in [-0.39, 0.29) is 5.75 Å². The molecule has 0 aliphatic rings. The van der Waals surface area contributed by atoms with Crippen LogP contribution in [0.15, 0.2) is 12.1 Å². The molecule has 0 aliphatic heterocycles. The van der Waals surface area contributed by atoms with Gasteiger partial charge in [-0.3, -0.25) is 0 Å². The number of benzene rings is 1. The minimum absolute atomic E-state index is 0.254. The summed E-state index contributed by atoms with van der Waals surface area (Å²) in [6.07, 6.45) is 0. The topological polar surface area (TPSA) is 38.7 Å². The third kappa shape index (κ3) is 1.51. The summed E-state index contributed by atoms with van der Waals surface area (Å²) in [5, 5.41) is 9.48. The van der Waals surface area contributed by atoms with E-state index in [0.29, 0.717) is 11.3 Å². The Labute approximate surface area is 71.5 Å². The summed E-state index contributed by atoms with van der Waals surface area (Å²) >= 11 is 0. The van der Waals surface area contributed by atoms with Gasteiger partial charge < -0.3 is 9.99 Å². The summed E-state index contributed by atoms with van der Waals surface area (Å²) < 4.78 is 0. The van der Waals surface area contributed by atoms with E-state index < -0.39 is 0 Å². The van der Waals surface area contributed by atoms with E-state index in [1.807, 2.05) is 6.92 Å². The highest BCUT2D eigenvalue weighted by molar-refractivity contribution is 5.47. The van der Waals surface area contributed by atoms with Crippen LogP contribution in [0.1, 0.15) is 11.1 Å². The molecule has 0 radical (unpaired) electrons. The SMILES string of the molecule is COOc1ccc(C)c(O)c1C. The molecule has 12 heavy (non-hydrogen) atoms. The Kier molecular flexibility index (Phi) is 2.55. The second kappa shape index (κ2) is 3.45. The molecule has 0 atom stereocenters. The molecule has 3 nitrogen and oxygen atoms in total. The van der Waals surface area contributed by atoms with Gasteiger partial charge in [0.2, 0.25) is 0 Å². The minimum Gasteiger partial charge on any atom is -0.507 e. The fourth-order valence-corrected chi connectivity index (χ4v) is 0.997. The molecule has 0 saturated carbocycles. The third-order valence-electron chi connectivity index (χ3n) is 1.76. The summed E-state index contributed by atoms with van der Waals surface area (Å²) in [6.45, 7) is 3.61. The summed E-state index contributed by atoms with van der Waals surface area (Å²) in [4.78, 5) is 9.30. The van der Waals surface area contributed by atoms with Crippen LogP contribution in [0.5, 0.6) is 11.5 Å². The van der Waals surface area contributed by atoms with Crippen LogP contribution in [0.4, 0.5) is 0 Å². The molecule has 0 bridgehead atoms. The molecule has 0 heterocycles. The molecule has 0 unspecified atom stereocenters. The van der Waals surface area contributed by atoms with Gasteiger partial charge in [0.25, 0.3) is 0 Å². The minimum atomic E-state index is 0.254. The Morgan fingerprint density at radius 3 is 2.50 bits per heavy atom. The van der Waals surface area contributed by atoms with E-state index in [1.54, 1.807) is 19.1 Å². The number of phenolic OH excluding ortho intramolecular Hbond substituents is 1. The van der Waals surface area contributed by atoms with Crippen LogP contribution in [0, 0.1) is 13.8 Å². The molecular weight excluding hydrogens is 156 g/mol. The van der Waals surface area contributed by atoms with E-state index in [0.717, 1.165) is 5.56 Å². The van der Waals surface area contributed by atoms with Crippen molar-refractivity contribution in [1.82, 2.24) is 0 Å². The summed E-state index contributed by atoms with van der Waals surface area (Å²) in [5.74, 6) is 0.796. The largest absolute Gasteiger partial charge is 0.507 e. The van der Waals surface area contributed by atoms with Crippen molar-refractivity contribution < 1.29 is 14.9 Å². The average Bonchev–Trinajstić information content (AvgIpc) is 2.07. The lowest BCUT2D eigenvalue weighted by Gasteiger charge is -2.07. The molecule has 0 fully saturated rings. The van der Waals surface area contributed by atoms with Crippen molar-refractivity contribution in [2.45, 2.75) is 13.8 Å². The first-order chi connectivity index (χ1) is 5.66. The maximum atomic E-state index is 9.48. The van der Waals surface area contributed by atoms with Gasteiger partial charge >= 0.3 is 0 Å². The Bertz CT molecular complexity index is 281. The van der Waals surface area contributed by atoms with Crippen molar-refractivity contribution in [1.29, 1.82) is 0 Å². The van der Waals surface area contributed by atoms with E-state index in [1.165, 1.54) is 7.11 Å². The lowest BCUT2D eigenvalue weighted by atomic mass is 10.1. The maximum absolute atomic E-state index is 9.48. The Balaban J connectivity index is 3.08. The zero-order valence-corrected chi connectivity index (χ0v) is 7.42. The van der Waals surface area contributed by atoms with Gasteiger partial charge in [0.05, 0.1) is 7.11 Å². The van der Waals surface area contributed by atoms with E-state index in [4.69, 9.17) is 4.89 Å². The second-order valence-electron chi connectivity index (χ2n) is 2.60. The predicted octanol–water partition coefficient (Wildman–Crippen LogP) is 1.95. The first-order valence-corrected chi connectivity index (χ1v) is 3.66. The van der Waals surface area contributed by atoms with Crippen molar-refractivity contribution in [3.63, 3.8) is 0 Å². The van der Waals surface area contributed by atoms with E-state index in [9.17, 15) is 5.11 Å². The van der Waals surface area contributed by atoms with Crippen molar-refractivity contribution in [3.8, 4) is 11.5 Å². The van der Waals surface area contributed by atoms with Gasteiger partial charge in [-0.05, 0) is 25.5 Å². The van der Waals surface area contributed by atoms with Gasteiger partial charge in [-0.2, -0.15) is 4.89 Å². The van der Waals surface area contributed by atoms with Crippen molar-refractivity contribution in [2.24, 2.45) is 0 Å². The standard InChI is InChI=1S/C9H12O3/c1-6-4-5-8(12-11-3)7(2)9(6)10/h4-5,10H,1-3H3. The Morgan fingerprint density at radius 2 is 1.92 bits per heavy atom. The van der Waals surface area contributed by atoms with Crippen LogP contribution >= 0.6 is 0 Å². The Hall–Kier alpha value is -1.22. The smallest absolute Gasteiger partial charge is 0.171 e. The highest BCUT2D eigenvalue weighted by Crippen LogP contribution is 2.29. The summed E-state index contributed by atoms with van der Waals surface area (Å²) in [6, 6.07) is 3.53. The highest BCUT2D eigenvalue weighted by Gasteiger charge is 2.06. The number of hydrogen-bond donors (Lipinski definition) is 1. The third-order valence-corrected chi connectivity index (χ3v) is 1.76. The molecule has 0 saturated heterocycles. The van der Waals surface area contributed by atoms with E-state index >= 15 is 0 Å². The van der Waals surface area contributed by atoms with Gasteiger partial charge in [-0.25, -0.2) is 0 Å². The monoisotopic (exact) mass is 168 g/mol. The van der Waals surface area contributed by atoms with Gasteiger partial charge in [0.15, 0.2) is 5.75 Å². The van der Waals surface area contributed by atoms with Crippen molar-refractivity contribution in [3.05, 3.63) is 23.3 Å². The number of phenols is 1. The number of hydrogen-bond acceptors (Lipinski definition) is 3. The normalized spacial score (nSPS) is 9.92. The first-order valence-electron chi connectivity index (χ1n) is 3.66. The lowest BCUT2D eigenvalue weighted by Crippen LogP contribution is -1.93. The van der Waals surface area contributed by atoms with Crippen LogP contribution in [0.25, 0.3) is 0 Å². The van der Waals surface area contributed by atoms with Gasteiger partial charge in [-0.15, -0.1) is 0 Å². The summed E-state index contributed by atoms with van der Waals surface area (Å²) in [7, 11) is 1.43. The second-order valence-corrected chi connectivity index (χ2v) is 2.60. The quantitative estimate of drug-likeness (QED) is 0.541. The fraction of sp³-hybridized carbons (Fsp3) is 0.333. The number of aryl methyl sites for hydroxylation is 1. The molecule has 0 aromatic heterocycles. The average molecular weight is 168 g/mol. The van der Waals surface area contributed by atoms with Crippen LogP contribution in [-0.4, -0.2) is 12.2 Å². The lowest BCUT2D eigenvalue weighted by molar-refractivity contribution is -0.178. The highest BCUT2D eigenvalue weighted by atomic mass is 17.2. The predicted molar refractivity (Wildman–Crippen MR) is 45.2 cm³/mol. The first kappa shape index (κ1) is 8.87. The van der Waals surface area contributed by atoms with Crippen LogP contribution in [0.2, 0.25) is 0 Å². The van der Waals surface area contributed by atoms with Gasteiger partial charge in [-0.1, -0.05) is 6.07 Å². The molecule has 0 amide bonds. The summed E-state index contributed by atoms with van der Waals surface area (Å²) in [5.41, 5.74) is 1.52.